The molecule has 0 saturated heterocycles. The summed E-state index contributed by atoms with van der Waals surface area (Å²) >= 11 is 0. The topological polar surface area (TPSA) is 15.7 Å². The Morgan fingerprint density at radius 3 is 2.08 bits per heavy atom. The van der Waals surface area contributed by atoms with E-state index >= 15 is 0 Å². The molecule has 1 aliphatic rings. The number of likely N-dealkylation sites (N-methyl/N-ethyl adjacent to an activating group) is 1. The zero-order valence-electron chi connectivity index (χ0n) is 14.9. The van der Waals surface area contributed by atoms with Crippen LogP contribution in [0.25, 0.3) is 5.70 Å². The monoisotopic (exact) mass is 322 g/mol. The number of ether oxygens (including phenoxy) is 1. The van der Waals surface area contributed by atoms with Gasteiger partial charge in [-0.2, -0.15) is 0 Å². The second-order valence-corrected chi connectivity index (χ2v) is 6.69. The number of hydrogen-bond donors (Lipinski definition) is 0. The Balaban J connectivity index is 2.09. The van der Waals surface area contributed by atoms with Gasteiger partial charge in [0, 0.05) is 19.7 Å². The summed E-state index contributed by atoms with van der Waals surface area (Å²) in [7, 11) is 4.22. The molecule has 0 N–H and O–H groups in total. The van der Waals surface area contributed by atoms with Gasteiger partial charge in [0.05, 0.1) is 12.3 Å². The molecule has 1 atom stereocenters. The summed E-state index contributed by atoms with van der Waals surface area (Å²) in [6.07, 6.45) is 0. The van der Waals surface area contributed by atoms with Crippen molar-refractivity contribution in [3.05, 3.63) is 77.5 Å². The minimum absolute atomic E-state index is 0.102. The number of hydrazine groups is 1. The molecule has 0 amide bonds. The first kappa shape index (κ1) is 16.6. The van der Waals surface area contributed by atoms with Crippen molar-refractivity contribution in [2.75, 3.05) is 20.7 Å². The van der Waals surface area contributed by atoms with Crippen LogP contribution in [-0.2, 0) is 4.74 Å². The van der Waals surface area contributed by atoms with E-state index in [-0.39, 0.29) is 6.04 Å². The predicted molar refractivity (Wildman–Crippen MR) is 98.9 cm³/mol. The first-order valence-electron chi connectivity index (χ1n) is 8.53. The van der Waals surface area contributed by atoms with Crippen LogP contribution in [0.5, 0.6) is 0 Å². The second kappa shape index (κ2) is 7.10. The van der Waals surface area contributed by atoms with Gasteiger partial charge in [0.25, 0.3) is 0 Å². The Hall–Kier alpha value is -2.26. The molecule has 0 radical (unpaired) electrons. The molecule has 126 valence electrons. The molecule has 2 aromatic rings. The Bertz CT molecular complexity index is 694. The lowest BCUT2D eigenvalue weighted by molar-refractivity contribution is 0.0580. The highest BCUT2D eigenvalue weighted by molar-refractivity contribution is 5.69. The molecule has 3 rings (SSSR count). The van der Waals surface area contributed by atoms with Gasteiger partial charge in [-0.15, -0.1) is 0 Å². The van der Waals surface area contributed by atoms with E-state index in [1.807, 2.05) is 6.07 Å². The van der Waals surface area contributed by atoms with Crippen LogP contribution in [0.15, 0.2) is 66.4 Å². The van der Waals surface area contributed by atoms with E-state index in [4.69, 9.17) is 4.74 Å². The van der Waals surface area contributed by atoms with Gasteiger partial charge in [-0.05, 0) is 11.5 Å². The highest BCUT2D eigenvalue weighted by Crippen LogP contribution is 2.42. The minimum Gasteiger partial charge on any atom is -0.493 e. The van der Waals surface area contributed by atoms with Gasteiger partial charge in [0.2, 0.25) is 0 Å². The lowest BCUT2D eigenvalue weighted by atomic mass is 10.0. The molecular weight excluding hydrogens is 296 g/mol. The van der Waals surface area contributed by atoms with Crippen LogP contribution in [0, 0.1) is 5.92 Å². The average molecular weight is 322 g/mol. The number of nitrogens with zero attached hydrogens (tertiary/aromatic N) is 2. The maximum atomic E-state index is 6.34. The van der Waals surface area contributed by atoms with Gasteiger partial charge in [-0.1, -0.05) is 74.5 Å². The summed E-state index contributed by atoms with van der Waals surface area (Å²) in [5, 5.41) is 4.44. The summed E-state index contributed by atoms with van der Waals surface area (Å²) in [5.41, 5.74) is 3.58. The summed E-state index contributed by atoms with van der Waals surface area (Å²) in [4.78, 5) is 0. The molecule has 3 heteroatoms. The molecule has 0 saturated carbocycles. The second-order valence-electron chi connectivity index (χ2n) is 6.69. The van der Waals surface area contributed by atoms with E-state index < -0.39 is 0 Å². The maximum absolute atomic E-state index is 6.34. The van der Waals surface area contributed by atoms with Gasteiger partial charge in [0.15, 0.2) is 0 Å². The van der Waals surface area contributed by atoms with Crippen LogP contribution in [0.1, 0.15) is 31.0 Å². The minimum atomic E-state index is 0.102. The predicted octanol–water partition coefficient (Wildman–Crippen LogP) is 4.56. The maximum Gasteiger partial charge on any atom is 0.145 e. The third-order valence-electron chi connectivity index (χ3n) is 4.39. The number of benzene rings is 2. The quantitative estimate of drug-likeness (QED) is 0.802. The molecule has 1 unspecified atom stereocenters. The fourth-order valence-corrected chi connectivity index (χ4v) is 3.12. The van der Waals surface area contributed by atoms with E-state index in [0.29, 0.717) is 5.92 Å². The SMILES string of the molecule is CC(C)COC1=C(c2ccccc2)N(C)N(C)C1c1ccccc1. The Kier molecular flexibility index (Phi) is 4.91. The zero-order valence-corrected chi connectivity index (χ0v) is 14.9. The van der Waals surface area contributed by atoms with E-state index in [0.717, 1.165) is 18.1 Å². The van der Waals surface area contributed by atoms with Crippen LogP contribution in [-0.4, -0.2) is 30.7 Å². The standard InChI is InChI=1S/C21H26N2O/c1-16(2)15-24-21-19(17-11-7-5-8-12-17)22(3)23(4)20(21)18-13-9-6-10-14-18/h5-14,16,19H,15H2,1-4H3. The molecule has 1 aliphatic heterocycles. The van der Waals surface area contributed by atoms with Crippen molar-refractivity contribution in [1.82, 2.24) is 10.0 Å². The van der Waals surface area contributed by atoms with Crippen molar-refractivity contribution >= 4 is 5.70 Å². The highest BCUT2D eigenvalue weighted by Gasteiger charge is 2.37. The third kappa shape index (κ3) is 3.17. The van der Waals surface area contributed by atoms with Crippen LogP contribution in [0.3, 0.4) is 0 Å². The van der Waals surface area contributed by atoms with E-state index in [1.54, 1.807) is 0 Å². The first-order chi connectivity index (χ1) is 11.6. The van der Waals surface area contributed by atoms with Crippen molar-refractivity contribution in [2.45, 2.75) is 19.9 Å². The average Bonchev–Trinajstić information content (AvgIpc) is 2.85. The molecule has 24 heavy (non-hydrogen) atoms. The molecule has 2 aromatic carbocycles. The summed E-state index contributed by atoms with van der Waals surface area (Å²) in [6.45, 7) is 5.09. The summed E-state index contributed by atoms with van der Waals surface area (Å²) in [6, 6.07) is 21.2. The smallest absolute Gasteiger partial charge is 0.145 e. The van der Waals surface area contributed by atoms with E-state index in [1.165, 1.54) is 11.1 Å². The van der Waals surface area contributed by atoms with Gasteiger partial charge >= 0.3 is 0 Å². The molecular formula is C21H26N2O. The normalized spacial score (nSPS) is 18.5. The van der Waals surface area contributed by atoms with Gasteiger partial charge < -0.3 is 9.75 Å². The molecule has 0 aliphatic carbocycles. The lowest BCUT2D eigenvalue weighted by Crippen LogP contribution is -2.32. The fraction of sp³-hybridized carbons (Fsp3) is 0.333. The lowest BCUT2D eigenvalue weighted by Gasteiger charge is -2.29. The fourth-order valence-electron chi connectivity index (χ4n) is 3.12. The highest BCUT2D eigenvalue weighted by atomic mass is 16.5. The van der Waals surface area contributed by atoms with Crippen molar-refractivity contribution in [3.63, 3.8) is 0 Å². The van der Waals surface area contributed by atoms with E-state index in [2.05, 4.69) is 92.6 Å². The molecule has 0 aromatic heterocycles. The molecule has 0 bridgehead atoms. The van der Waals surface area contributed by atoms with Crippen molar-refractivity contribution in [3.8, 4) is 0 Å². The van der Waals surface area contributed by atoms with Crippen molar-refractivity contribution in [2.24, 2.45) is 5.92 Å². The molecule has 3 nitrogen and oxygen atoms in total. The van der Waals surface area contributed by atoms with Crippen molar-refractivity contribution in [1.29, 1.82) is 0 Å². The van der Waals surface area contributed by atoms with Crippen molar-refractivity contribution < 1.29 is 4.74 Å². The van der Waals surface area contributed by atoms with Crippen LogP contribution in [0.4, 0.5) is 0 Å². The first-order valence-corrected chi connectivity index (χ1v) is 8.53. The summed E-state index contributed by atoms with van der Waals surface area (Å²) < 4.78 is 6.34. The third-order valence-corrected chi connectivity index (χ3v) is 4.39. The van der Waals surface area contributed by atoms with Crippen LogP contribution < -0.4 is 0 Å². The number of rotatable bonds is 5. The summed E-state index contributed by atoms with van der Waals surface area (Å²) in [5.74, 6) is 1.52. The Labute approximate surface area is 145 Å². The van der Waals surface area contributed by atoms with Gasteiger partial charge in [-0.25, -0.2) is 5.01 Å². The van der Waals surface area contributed by atoms with Gasteiger partial charge in [0.1, 0.15) is 11.8 Å². The van der Waals surface area contributed by atoms with E-state index in [9.17, 15) is 0 Å². The number of hydrogen-bond acceptors (Lipinski definition) is 3. The largest absolute Gasteiger partial charge is 0.493 e. The van der Waals surface area contributed by atoms with Crippen LogP contribution in [0.2, 0.25) is 0 Å². The molecule has 0 spiro atoms. The molecule has 1 heterocycles. The molecule has 0 fully saturated rings. The van der Waals surface area contributed by atoms with Gasteiger partial charge in [-0.3, -0.25) is 0 Å². The van der Waals surface area contributed by atoms with Crippen LogP contribution >= 0.6 is 0 Å². The zero-order chi connectivity index (χ0) is 17.1. The Morgan fingerprint density at radius 2 is 1.50 bits per heavy atom. The Morgan fingerprint density at radius 1 is 0.917 bits per heavy atom.